The molecule has 0 unspecified atom stereocenters. The van der Waals surface area contributed by atoms with Crippen LogP contribution in [0.5, 0.6) is 5.75 Å². The van der Waals surface area contributed by atoms with Crippen molar-refractivity contribution in [1.82, 2.24) is 10.3 Å². The van der Waals surface area contributed by atoms with Gasteiger partial charge in [0.2, 0.25) is 0 Å². The molecule has 130 valence electrons. The van der Waals surface area contributed by atoms with E-state index in [1.807, 2.05) is 19.1 Å². The first-order chi connectivity index (χ1) is 11.7. The van der Waals surface area contributed by atoms with Crippen LogP contribution in [0.15, 0.2) is 31.1 Å². The maximum atomic E-state index is 12.3. The molecule has 2 aromatic rings. The average Bonchev–Trinajstić information content (AvgIpc) is 3.02. The fourth-order valence-electron chi connectivity index (χ4n) is 2.53. The minimum absolute atomic E-state index is 0.0553. The standard InChI is InChI=1S/C18H24N2O4/c1-3-19-8-4-5-10-24-18(22)14-12-20-15-6-7-16(23-11-9-21)13(2)17(14)15/h3,6-7,12,19-21H,1,4-5,8-11H2,2H3. The van der Waals surface area contributed by atoms with Crippen LogP contribution in [0.1, 0.15) is 28.8 Å². The number of aryl methyl sites for hydroxylation is 1. The molecular formula is C18H24N2O4. The molecule has 0 saturated heterocycles. The van der Waals surface area contributed by atoms with Crippen molar-refractivity contribution in [2.45, 2.75) is 19.8 Å². The van der Waals surface area contributed by atoms with Gasteiger partial charge < -0.3 is 24.9 Å². The quantitative estimate of drug-likeness (QED) is 0.460. The second-order valence-corrected chi connectivity index (χ2v) is 5.39. The first-order valence-corrected chi connectivity index (χ1v) is 8.04. The number of fused-ring (bicyclic) bond motifs is 1. The molecule has 0 spiro atoms. The highest BCUT2D eigenvalue weighted by Crippen LogP contribution is 2.30. The number of aliphatic hydroxyl groups is 1. The summed E-state index contributed by atoms with van der Waals surface area (Å²) in [6, 6.07) is 3.68. The zero-order chi connectivity index (χ0) is 17.4. The average molecular weight is 332 g/mol. The topological polar surface area (TPSA) is 83.6 Å². The molecular weight excluding hydrogens is 308 g/mol. The fraction of sp³-hybridized carbons (Fsp3) is 0.389. The molecule has 6 nitrogen and oxygen atoms in total. The van der Waals surface area contributed by atoms with E-state index in [4.69, 9.17) is 14.6 Å². The predicted molar refractivity (Wildman–Crippen MR) is 93.3 cm³/mol. The summed E-state index contributed by atoms with van der Waals surface area (Å²) in [6.45, 7) is 6.83. The molecule has 1 aromatic carbocycles. The van der Waals surface area contributed by atoms with E-state index >= 15 is 0 Å². The Balaban J connectivity index is 2.05. The monoisotopic (exact) mass is 332 g/mol. The van der Waals surface area contributed by atoms with Crippen LogP contribution in [0.2, 0.25) is 0 Å². The van der Waals surface area contributed by atoms with Gasteiger partial charge in [-0.2, -0.15) is 0 Å². The lowest BCUT2D eigenvalue weighted by atomic mass is 10.1. The van der Waals surface area contributed by atoms with Gasteiger partial charge in [0.25, 0.3) is 0 Å². The van der Waals surface area contributed by atoms with Crippen LogP contribution in [0, 0.1) is 6.92 Å². The number of unbranched alkanes of at least 4 members (excludes halogenated alkanes) is 1. The SMILES string of the molecule is C=CNCCCCOC(=O)c1c[nH]c2ccc(OCCO)c(C)c12. The van der Waals surface area contributed by atoms with Gasteiger partial charge in [-0.25, -0.2) is 4.79 Å². The Morgan fingerprint density at radius 1 is 1.38 bits per heavy atom. The third-order valence-electron chi connectivity index (χ3n) is 3.72. The Labute approximate surface area is 141 Å². The number of aromatic amines is 1. The summed E-state index contributed by atoms with van der Waals surface area (Å²) in [7, 11) is 0. The zero-order valence-corrected chi connectivity index (χ0v) is 13.9. The second kappa shape index (κ2) is 8.98. The Kier molecular flexibility index (Phi) is 6.69. The molecule has 0 fully saturated rings. The molecule has 24 heavy (non-hydrogen) atoms. The van der Waals surface area contributed by atoms with Gasteiger partial charge in [-0.05, 0) is 38.1 Å². The van der Waals surface area contributed by atoms with E-state index in [2.05, 4.69) is 16.9 Å². The lowest BCUT2D eigenvalue weighted by Crippen LogP contribution is -2.10. The molecule has 3 N–H and O–H groups in total. The minimum Gasteiger partial charge on any atom is -0.491 e. The molecule has 0 atom stereocenters. The van der Waals surface area contributed by atoms with Crippen molar-refractivity contribution in [3.63, 3.8) is 0 Å². The van der Waals surface area contributed by atoms with Gasteiger partial charge in [0, 0.05) is 29.2 Å². The van der Waals surface area contributed by atoms with Crippen molar-refractivity contribution in [1.29, 1.82) is 0 Å². The van der Waals surface area contributed by atoms with E-state index in [9.17, 15) is 4.79 Å². The fourth-order valence-corrected chi connectivity index (χ4v) is 2.53. The van der Waals surface area contributed by atoms with Gasteiger partial charge in [0.1, 0.15) is 12.4 Å². The number of aliphatic hydroxyl groups excluding tert-OH is 1. The van der Waals surface area contributed by atoms with Gasteiger partial charge in [0.05, 0.1) is 18.8 Å². The van der Waals surface area contributed by atoms with Gasteiger partial charge in [0.15, 0.2) is 0 Å². The summed E-state index contributed by atoms with van der Waals surface area (Å²) in [5, 5.41) is 12.7. The molecule has 0 bridgehead atoms. The van der Waals surface area contributed by atoms with Crippen molar-refractivity contribution in [2.75, 3.05) is 26.4 Å². The van der Waals surface area contributed by atoms with Crippen LogP contribution < -0.4 is 10.1 Å². The molecule has 2 rings (SSSR count). The van der Waals surface area contributed by atoms with Gasteiger partial charge in [-0.3, -0.25) is 0 Å². The van der Waals surface area contributed by atoms with E-state index in [0.29, 0.717) is 17.9 Å². The molecule has 0 saturated carbocycles. The van der Waals surface area contributed by atoms with Gasteiger partial charge in [-0.15, -0.1) is 0 Å². The Morgan fingerprint density at radius 3 is 2.96 bits per heavy atom. The summed E-state index contributed by atoms with van der Waals surface area (Å²) in [5.74, 6) is 0.307. The molecule has 1 aromatic heterocycles. The van der Waals surface area contributed by atoms with Crippen molar-refractivity contribution < 1.29 is 19.4 Å². The minimum atomic E-state index is -0.347. The zero-order valence-electron chi connectivity index (χ0n) is 13.9. The number of H-pyrrole nitrogens is 1. The number of benzene rings is 1. The molecule has 0 aliphatic carbocycles. The van der Waals surface area contributed by atoms with Crippen LogP contribution in [0.3, 0.4) is 0 Å². The summed E-state index contributed by atoms with van der Waals surface area (Å²) >= 11 is 0. The predicted octanol–water partition coefficient (Wildman–Crippen LogP) is 2.52. The lowest BCUT2D eigenvalue weighted by Gasteiger charge is -2.10. The number of nitrogens with one attached hydrogen (secondary N) is 2. The number of hydrogen-bond donors (Lipinski definition) is 3. The Hall–Kier alpha value is -2.47. The van der Waals surface area contributed by atoms with E-state index in [-0.39, 0.29) is 19.2 Å². The highest BCUT2D eigenvalue weighted by atomic mass is 16.5. The smallest absolute Gasteiger partial charge is 0.340 e. The van der Waals surface area contributed by atoms with Crippen molar-refractivity contribution in [2.24, 2.45) is 0 Å². The number of carbonyl (C=O) groups is 1. The molecule has 0 aliphatic rings. The summed E-state index contributed by atoms with van der Waals surface area (Å²) in [4.78, 5) is 15.4. The summed E-state index contributed by atoms with van der Waals surface area (Å²) in [5.41, 5.74) is 2.21. The van der Waals surface area contributed by atoms with Crippen LogP contribution in [-0.4, -0.2) is 42.4 Å². The highest BCUT2D eigenvalue weighted by molar-refractivity contribution is 6.06. The Bertz CT molecular complexity index is 694. The first-order valence-electron chi connectivity index (χ1n) is 8.04. The summed E-state index contributed by atoms with van der Waals surface area (Å²) < 4.78 is 10.9. The van der Waals surface area contributed by atoms with E-state index in [1.165, 1.54) is 0 Å². The molecule has 0 aliphatic heterocycles. The normalized spacial score (nSPS) is 10.6. The largest absolute Gasteiger partial charge is 0.491 e. The van der Waals surface area contributed by atoms with E-state index < -0.39 is 0 Å². The number of rotatable bonds is 10. The summed E-state index contributed by atoms with van der Waals surface area (Å²) in [6.07, 6.45) is 5.01. The van der Waals surface area contributed by atoms with Crippen LogP contribution >= 0.6 is 0 Å². The van der Waals surface area contributed by atoms with Gasteiger partial charge >= 0.3 is 5.97 Å². The second-order valence-electron chi connectivity index (χ2n) is 5.39. The number of ether oxygens (including phenoxy) is 2. The molecule has 6 heteroatoms. The maximum absolute atomic E-state index is 12.3. The first kappa shape index (κ1) is 17.9. The van der Waals surface area contributed by atoms with E-state index in [0.717, 1.165) is 35.9 Å². The van der Waals surface area contributed by atoms with Crippen LogP contribution in [-0.2, 0) is 4.74 Å². The molecule has 0 radical (unpaired) electrons. The Morgan fingerprint density at radius 2 is 2.21 bits per heavy atom. The maximum Gasteiger partial charge on any atom is 0.340 e. The van der Waals surface area contributed by atoms with Crippen molar-refractivity contribution in [3.8, 4) is 5.75 Å². The third-order valence-corrected chi connectivity index (χ3v) is 3.72. The number of carbonyl (C=O) groups excluding carboxylic acids is 1. The molecule has 0 amide bonds. The van der Waals surface area contributed by atoms with E-state index in [1.54, 1.807) is 12.4 Å². The number of aromatic nitrogens is 1. The lowest BCUT2D eigenvalue weighted by molar-refractivity contribution is 0.0501. The third kappa shape index (κ3) is 4.29. The van der Waals surface area contributed by atoms with Gasteiger partial charge in [-0.1, -0.05) is 6.58 Å². The molecule has 1 heterocycles. The number of hydrogen-bond acceptors (Lipinski definition) is 5. The van der Waals surface area contributed by atoms with Crippen LogP contribution in [0.25, 0.3) is 10.9 Å². The number of esters is 1. The van der Waals surface area contributed by atoms with Crippen molar-refractivity contribution >= 4 is 16.9 Å². The highest BCUT2D eigenvalue weighted by Gasteiger charge is 2.17. The van der Waals surface area contributed by atoms with Crippen LogP contribution in [0.4, 0.5) is 0 Å². The van der Waals surface area contributed by atoms with Crippen molar-refractivity contribution in [3.05, 3.63) is 42.2 Å².